The van der Waals surface area contributed by atoms with Crippen molar-refractivity contribution in [1.82, 2.24) is 4.90 Å². The van der Waals surface area contributed by atoms with Crippen LogP contribution in [0, 0.1) is 0 Å². The minimum atomic E-state index is 0.749. The second-order valence-corrected chi connectivity index (χ2v) is 5.87. The maximum absolute atomic E-state index is 3.85. The number of hydrogen-bond donors (Lipinski definition) is 0. The van der Waals surface area contributed by atoms with Gasteiger partial charge in [-0.15, -0.1) is 0 Å². The molecule has 2 fully saturated rings. The predicted octanol–water partition coefficient (Wildman–Crippen LogP) is 4.32. The molecule has 100 valence electrons. The Hall–Kier alpha value is -1.34. The number of hydrogen-bond acceptors (Lipinski definition) is 1. The molecule has 1 nitrogen and oxygen atoms in total. The fourth-order valence-electron chi connectivity index (χ4n) is 3.70. The van der Waals surface area contributed by atoms with Gasteiger partial charge in [-0.2, -0.15) is 0 Å². The van der Waals surface area contributed by atoms with Gasteiger partial charge in [-0.05, 0) is 31.2 Å². The van der Waals surface area contributed by atoms with E-state index >= 15 is 0 Å². The highest BCUT2D eigenvalue weighted by molar-refractivity contribution is 5.20. The van der Waals surface area contributed by atoms with Gasteiger partial charge in [0.25, 0.3) is 0 Å². The van der Waals surface area contributed by atoms with E-state index in [0.717, 1.165) is 18.6 Å². The molecule has 2 bridgehead atoms. The fourth-order valence-corrected chi connectivity index (χ4v) is 3.70. The minimum Gasteiger partial charge on any atom is -0.293 e. The summed E-state index contributed by atoms with van der Waals surface area (Å²) in [6, 6.07) is 12.4. The second kappa shape index (κ2) is 5.75. The maximum atomic E-state index is 3.85. The topological polar surface area (TPSA) is 3.24 Å². The lowest BCUT2D eigenvalue weighted by Crippen LogP contribution is -2.49. The van der Waals surface area contributed by atoms with E-state index in [0.29, 0.717) is 0 Å². The Morgan fingerprint density at radius 2 is 1.79 bits per heavy atom. The molecule has 0 aliphatic carbocycles. The molecule has 0 spiro atoms. The van der Waals surface area contributed by atoms with Crippen LogP contribution in [0.4, 0.5) is 0 Å². The van der Waals surface area contributed by atoms with Crippen LogP contribution in [0.15, 0.2) is 54.6 Å². The van der Waals surface area contributed by atoms with Crippen molar-refractivity contribution in [3.63, 3.8) is 0 Å². The van der Waals surface area contributed by atoms with Crippen molar-refractivity contribution in [3.8, 4) is 0 Å². The molecule has 1 heteroatoms. The highest BCUT2D eigenvalue weighted by Crippen LogP contribution is 2.37. The molecule has 1 aromatic carbocycles. The zero-order valence-electron chi connectivity index (χ0n) is 11.6. The number of rotatable bonds is 3. The van der Waals surface area contributed by atoms with Crippen molar-refractivity contribution in [2.75, 3.05) is 0 Å². The van der Waals surface area contributed by atoms with Crippen LogP contribution in [-0.2, 0) is 6.54 Å². The first-order valence-electron chi connectivity index (χ1n) is 7.47. The SMILES string of the molecule is C=CC=C1CC2CCCC(C1)N2Cc1ccccc1. The molecule has 2 saturated heterocycles. The van der Waals surface area contributed by atoms with Crippen LogP contribution in [0.2, 0.25) is 0 Å². The molecule has 0 radical (unpaired) electrons. The first-order chi connectivity index (χ1) is 9.36. The fraction of sp³-hybridized carbons (Fsp3) is 0.444. The molecule has 0 amide bonds. The summed E-state index contributed by atoms with van der Waals surface area (Å²) in [6.07, 6.45) is 10.8. The normalized spacial score (nSPS) is 27.1. The predicted molar refractivity (Wildman–Crippen MR) is 80.9 cm³/mol. The molecule has 2 aliphatic heterocycles. The molecule has 0 aromatic heterocycles. The summed E-state index contributed by atoms with van der Waals surface area (Å²) in [7, 11) is 0. The van der Waals surface area contributed by atoms with Crippen molar-refractivity contribution in [2.24, 2.45) is 0 Å². The van der Waals surface area contributed by atoms with Crippen molar-refractivity contribution in [3.05, 3.63) is 60.2 Å². The average molecular weight is 253 g/mol. The van der Waals surface area contributed by atoms with E-state index in [-0.39, 0.29) is 0 Å². The summed E-state index contributed by atoms with van der Waals surface area (Å²) in [5, 5.41) is 0. The van der Waals surface area contributed by atoms with Crippen LogP contribution < -0.4 is 0 Å². The van der Waals surface area contributed by atoms with E-state index in [1.807, 2.05) is 6.08 Å². The van der Waals surface area contributed by atoms with Crippen LogP contribution in [-0.4, -0.2) is 17.0 Å². The lowest BCUT2D eigenvalue weighted by atomic mass is 9.81. The molecule has 2 atom stereocenters. The molecular weight excluding hydrogens is 230 g/mol. The van der Waals surface area contributed by atoms with Gasteiger partial charge in [0.1, 0.15) is 0 Å². The van der Waals surface area contributed by atoms with E-state index < -0.39 is 0 Å². The van der Waals surface area contributed by atoms with E-state index in [9.17, 15) is 0 Å². The zero-order valence-corrected chi connectivity index (χ0v) is 11.6. The minimum absolute atomic E-state index is 0.749. The number of nitrogens with zero attached hydrogens (tertiary/aromatic N) is 1. The van der Waals surface area contributed by atoms with E-state index in [1.165, 1.54) is 37.7 Å². The summed E-state index contributed by atoms with van der Waals surface area (Å²) < 4.78 is 0. The van der Waals surface area contributed by atoms with E-state index in [4.69, 9.17) is 0 Å². The number of allylic oxidation sites excluding steroid dienone is 2. The van der Waals surface area contributed by atoms with E-state index in [2.05, 4.69) is 47.9 Å². The molecule has 0 saturated carbocycles. The molecular formula is C18H23N. The van der Waals surface area contributed by atoms with Crippen LogP contribution >= 0.6 is 0 Å². The van der Waals surface area contributed by atoms with Gasteiger partial charge in [-0.25, -0.2) is 0 Å². The molecule has 1 aromatic rings. The lowest BCUT2D eigenvalue weighted by Gasteiger charge is -2.47. The summed E-state index contributed by atoms with van der Waals surface area (Å²) in [5.74, 6) is 0. The van der Waals surface area contributed by atoms with Crippen LogP contribution in [0.5, 0.6) is 0 Å². The summed E-state index contributed by atoms with van der Waals surface area (Å²) >= 11 is 0. The van der Waals surface area contributed by atoms with Gasteiger partial charge in [0, 0.05) is 18.6 Å². The Labute approximate surface area is 116 Å². The molecule has 3 rings (SSSR count). The summed E-state index contributed by atoms with van der Waals surface area (Å²) in [5.41, 5.74) is 3.06. The zero-order chi connectivity index (χ0) is 13.1. The first kappa shape index (κ1) is 12.7. The Morgan fingerprint density at radius 3 is 2.42 bits per heavy atom. The number of benzene rings is 1. The molecule has 19 heavy (non-hydrogen) atoms. The van der Waals surface area contributed by atoms with Crippen LogP contribution in [0.25, 0.3) is 0 Å². The van der Waals surface area contributed by atoms with E-state index in [1.54, 1.807) is 5.57 Å². The van der Waals surface area contributed by atoms with Crippen LogP contribution in [0.1, 0.15) is 37.7 Å². The highest BCUT2D eigenvalue weighted by atomic mass is 15.2. The average Bonchev–Trinajstić information content (AvgIpc) is 2.41. The van der Waals surface area contributed by atoms with Gasteiger partial charge >= 0.3 is 0 Å². The Balaban J connectivity index is 1.76. The molecule has 0 N–H and O–H groups in total. The highest BCUT2D eigenvalue weighted by Gasteiger charge is 2.35. The van der Waals surface area contributed by atoms with Gasteiger partial charge in [0.05, 0.1) is 0 Å². The third kappa shape index (κ3) is 2.82. The monoisotopic (exact) mass is 253 g/mol. The molecule has 2 aliphatic rings. The number of fused-ring (bicyclic) bond motifs is 2. The molecule has 2 heterocycles. The Bertz CT molecular complexity index is 444. The van der Waals surface area contributed by atoms with Gasteiger partial charge in [-0.3, -0.25) is 4.90 Å². The molecule has 2 unspecified atom stereocenters. The first-order valence-corrected chi connectivity index (χ1v) is 7.47. The maximum Gasteiger partial charge on any atom is 0.0239 e. The van der Waals surface area contributed by atoms with Gasteiger partial charge in [-0.1, -0.05) is 61.1 Å². The standard InChI is InChI=1S/C18H23N/c1-2-7-16-12-17-10-6-11-18(13-16)19(17)14-15-8-4-3-5-9-15/h2-5,7-9,17-18H,1,6,10-14H2. The third-order valence-corrected chi connectivity index (χ3v) is 4.57. The summed E-state index contributed by atoms with van der Waals surface area (Å²) in [4.78, 5) is 2.75. The Kier molecular flexibility index (Phi) is 3.84. The van der Waals surface area contributed by atoms with Crippen molar-refractivity contribution in [1.29, 1.82) is 0 Å². The smallest absolute Gasteiger partial charge is 0.0239 e. The lowest BCUT2D eigenvalue weighted by molar-refractivity contribution is 0.0537. The second-order valence-electron chi connectivity index (χ2n) is 5.87. The van der Waals surface area contributed by atoms with Gasteiger partial charge < -0.3 is 0 Å². The van der Waals surface area contributed by atoms with Gasteiger partial charge in [0.15, 0.2) is 0 Å². The number of piperidine rings is 2. The van der Waals surface area contributed by atoms with Crippen molar-refractivity contribution < 1.29 is 0 Å². The van der Waals surface area contributed by atoms with Crippen molar-refractivity contribution in [2.45, 2.75) is 50.7 Å². The van der Waals surface area contributed by atoms with Crippen LogP contribution in [0.3, 0.4) is 0 Å². The van der Waals surface area contributed by atoms with Gasteiger partial charge in [0.2, 0.25) is 0 Å². The quantitative estimate of drug-likeness (QED) is 0.775. The summed E-state index contributed by atoms with van der Waals surface area (Å²) in [6.45, 7) is 4.97. The van der Waals surface area contributed by atoms with Crippen molar-refractivity contribution >= 4 is 0 Å². The third-order valence-electron chi connectivity index (χ3n) is 4.57. The largest absolute Gasteiger partial charge is 0.293 e. The Morgan fingerprint density at radius 1 is 1.11 bits per heavy atom.